The smallest absolute Gasteiger partial charge is 0.291 e. The van der Waals surface area contributed by atoms with Gasteiger partial charge in [-0.05, 0) is 25.5 Å². The maximum Gasteiger partial charge on any atom is 0.291 e. The van der Waals surface area contributed by atoms with Gasteiger partial charge in [0, 0.05) is 6.07 Å². The second-order valence-electron chi connectivity index (χ2n) is 3.83. The SMILES string of the molecule is Cc1cc(C(=O)NNc2c(C)cccc2F)no1. The summed E-state index contributed by atoms with van der Waals surface area (Å²) < 4.78 is 18.2. The second-order valence-corrected chi connectivity index (χ2v) is 3.83. The first-order valence-corrected chi connectivity index (χ1v) is 5.32. The van der Waals surface area contributed by atoms with E-state index in [1.165, 1.54) is 12.1 Å². The molecule has 0 radical (unpaired) electrons. The van der Waals surface area contributed by atoms with Gasteiger partial charge in [0.05, 0.1) is 5.69 Å². The number of hydrogen-bond acceptors (Lipinski definition) is 4. The Hall–Kier alpha value is -2.37. The summed E-state index contributed by atoms with van der Waals surface area (Å²) in [5.41, 5.74) is 5.94. The number of carbonyl (C=O) groups is 1. The van der Waals surface area contributed by atoms with Gasteiger partial charge in [-0.15, -0.1) is 0 Å². The molecule has 0 bridgehead atoms. The summed E-state index contributed by atoms with van der Waals surface area (Å²) in [7, 11) is 0. The topological polar surface area (TPSA) is 67.2 Å². The molecule has 0 saturated heterocycles. The molecule has 2 aromatic rings. The molecular formula is C12H12FN3O2. The van der Waals surface area contributed by atoms with Crippen molar-refractivity contribution in [3.8, 4) is 0 Å². The number of amides is 1. The Balaban J connectivity index is 2.06. The van der Waals surface area contributed by atoms with Crippen molar-refractivity contribution in [2.45, 2.75) is 13.8 Å². The molecule has 1 aromatic heterocycles. The Bertz CT molecular complexity index is 560. The number of anilines is 1. The highest BCUT2D eigenvalue weighted by molar-refractivity contribution is 5.93. The third-order valence-electron chi connectivity index (χ3n) is 2.38. The molecule has 1 aromatic carbocycles. The van der Waals surface area contributed by atoms with Crippen LogP contribution in [0, 0.1) is 19.7 Å². The van der Waals surface area contributed by atoms with Gasteiger partial charge in [0.15, 0.2) is 5.69 Å². The minimum atomic E-state index is -0.491. The van der Waals surface area contributed by atoms with Crippen LogP contribution < -0.4 is 10.9 Å². The number of rotatable bonds is 3. The van der Waals surface area contributed by atoms with E-state index in [1.54, 1.807) is 26.0 Å². The van der Waals surface area contributed by atoms with Crippen LogP contribution in [0.1, 0.15) is 21.8 Å². The van der Waals surface area contributed by atoms with Crippen molar-refractivity contribution in [3.05, 3.63) is 47.1 Å². The van der Waals surface area contributed by atoms with E-state index < -0.39 is 11.7 Å². The maximum absolute atomic E-state index is 13.5. The first kappa shape index (κ1) is 12.1. The van der Waals surface area contributed by atoms with Crippen LogP contribution in [0.4, 0.5) is 10.1 Å². The van der Waals surface area contributed by atoms with Crippen LogP contribution >= 0.6 is 0 Å². The van der Waals surface area contributed by atoms with E-state index in [1.807, 2.05) is 0 Å². The van der Waals surface area contributed by atoms with Crippen LogP contribution in [0.2, 0.25) is 0 Å². The molecule has 0 saturated carbocycles. The quantitative estimate of drug-likeness (QED) is 0.818. The summed E-state index contributed by atoms with van der Waals surface area (Å²) in [6.07, 6.45) is 0. The molecule has 2 N–H and O–H groups in total. The van der Waals surface area contributed by atoms with E-state index in [0.717, 1.165) is 0 Å². The molecule has 0 spiro atoms. The number of nitrogens with one attached hydrogen (secondary N) is 2. The third-order valence-corrected chi connectivity index (χ3v) is 2.38. The van der Waals surface area contributed by atoms with Crippen molar-refractivity contribution in [3.63, 3.8) is 0 Å². The standard InChI is InChI=1S/C12H12FN3O2/c1-7-4-3-5-9(13)11(7)14-15-12(17)10-6-8(2)18-16-10/h3-6,14H,1-2H3,(H,15,17). The van der Waals surface area contributed by atoms with Crippen LogP contribution in [-0.4, -0.2) is 11.1 Å². The highest BCUT2D eigenvalue weighted by Gasteiger charge is 2.11. The molecule has 94 valence electrons. The van der Waals surface area contributed by atoms with Gasteiger partial charge in [0.2, 0.25) is 0 Å². The molecule has 0 aliphatic heterocycles. The largest absolute Gasteiger partial charge is 0.361 e. The molecule has 6 heteroatoms. The zero-order chi connectivity index (χ0) is 13.1. The fourth-order valence-electron chi connectivity index (χ4n) is 1.45. The fraction of sp³-hybridized carbons (Fsp3) is 0.167. The summed E-state index contributed by atoms with van der Waals surface area (Å²) in [5, 5.41) is 3.55. The molecule has 0 fully saturated rings. The highest BCUT2D eigenvalue weighted by Crippen LogP contribution is 2.17. The number of hydrazine groups is 1. The lowest BCUT2D eigenvalue weighted by Gasteiger charge is -2.10. The molecule has 0 aliphatic carbocycles. The summed E-state index contributed by atoms with van der Waals surface area (Å²) in [6.45, 7) is 3.41. The van der Waals surface area contributed by atoms with Gasteiger partial charge in [-0.3, -0.25) is 15.6 Å². The molecule has 0 atom stereocenters. The van der Waals surface area contributed by atoms with Crippen molar-refractivity contribution < 1.29 is 13.7 Å². The fourth-order valence-corrected chi connectivity index (χ4v) is 1.45. The zero-order valence-corrected chi connectivity index (χ0v) is 9.95. The highest BCUT2D eigenvalue weighted by atomic mass is 19.1. The summed E-state index contributed by atoms with van der Waals surface area (Å²) in [5.74, 6) is -0.400. The van der Waals surface area contributed by atoms with E-state index in [4.69, 9.17) is 4.52 Å². The van der Waals surface area contributed by atoms with Crippen LogP contribution in [0.5, 0.6) is 0 Å². The van der Waals surface area contributed by atoms with Gasteiger partial charge in [0.1, 0.15) is 11.6 Å². The van der Waals surface area contributed by atoms with E-state index in [0.29, 0.717) is 11.3 Å². The summed E-state index contributed by atoms with van der Waals surface area (Å²) in [4.78, 5) is 11.6. The number of hydrogen-bond donors (Lipinski definition) is 2. The number of benzene rings is 1. The Morgan fingerprint density at radius 1 is 1.39 bits per heavy atom. The Morgan fingerprint density at radius 2 is 2.17 bits per heavy atom. The van der Waals surface area contributed by atoms with Crippen molar-refractivity contribution in [2.75, 3.05) is 5.43 Å². The lowest BCUT2D eigenvalue weighted by atomic mass is 10.2. The van der Waals surface area contributed by atoms with Crippen LogP contribution in [0.15, 0.2) is 28.8 Å². The van der Waals surface area contributed by atoms with Crippen molar-refractivity contribution in [1.29, 1.82) is 0 Å². The lowest BCUT2D eigenvalue weighted by molar-refractivity contribution is 0.0953. The van der Waals surface area contributed by atoms with E-state index in [2.05, 4.69) is 16.0 Å². The molecule has 1 amide bonds. The van der Waals surface area contributed by atoms with Crippen LogP contribution in [0.3, 0.4) is 0 Å². The van der Waals surface area contributed by atoms with Gasteiger partial charge < -0.3 is 4.52 Å². The average molecular weight is 249 g/mol. The van der Waals surface area contributed by atoms with Crippen molar-refractivity contribution in [1.82, 2.24) is 10.6 Å². The minimum Gasteiger partial charge on any atom is -0.361 e. The minimum absolute atomic E-state index is 0.133. The van der Waals surface area contributed by atoms with E-state index >= 15 is 0 Å². The van der Waals surface area contributed by atoms with Gasteiger partial charge in [0.25, 0.3) is 5.91 Å². The molecule has 0 unspecified atom stereocenters. The number of para-hydroxylation sites is 1. The summed E-state index contributed by atoms with van der Waals surface area (Å²) in [6, 6.07) is 6.13. The number of aryl methyl sites for hydroxylation is 2. The lowest BCUT2D eigenvalue weighted by Crippen LogP contribution is -2.30. The first-order valence-electron chi connectivity index (χ1n) is 5.32. The van der Waals surface area contributed by atoms with Gasteiger partial charge in [-0.25, -0.2) is 4.39 Å². The normalized spacial score (nSPS) is 10.2. The Labute approximate surface area is 103 Å². The Kier molecular flexibility index (Phi) is 3.27. The number of nitrogens with zero attached hydrogens (tertiary/aromatic N) is 1. The molecule has 0 aliphatic rings. The predicted octanol–water partition coefficient (Wildman–Crippen LogP) is 2.19. The zero-order valence-electron chi connectivity index (χ0n) is 9.95. The molecule has 18 heavy (non-hydrogen) atoms. The van der Waals surface area contributed by atoms with Crippen molar-refractivity contribution in [2.24, 2.45) is 0 Å². The molecule has 1 heterocycles. The van der Waals surface area contributed by atoms with Gasteiger partial charge in [-0.2, -0.15) is 0 Å². The predicted molar refractivity (Wildman–Crippen MR) is 63.5 cm³/mol. The first-order chi connectivity index (χ1) is 8.58. The molecule has 2 rings (SSSR count). The molecular weight excluding hydrogens is 237 g/mol. The van der Waals surface area contributed by atoms with E-state index in [-0.39, 0.29) is 11.4 Å². The Morgan fingerprint density at radius 3 is 2.78 bits per heavy atom. The van der Waals surface area contributed by atoms with Crippen LogP contribution in [-0.2, 0) is 0 Å². The number of carbonyl (C=O) groups excluding carboxylic acids is 1. The van der Waals surface area contributed by atoms with Crippen LogP contribution in [0.25, 0.3) is 0 Å². The monoisotopic (exact) mass is 249 g/mol. The van der Waals surface area contributed by atoms with Crippen molar-refractivity contribution >= 4 is 11.6 Å². The number of halogens is 1. The average Bonchev–Trinajstić information content (AvgIpc) is 2.75. The third kappa shape index (κ3) is 2.48. The maximum atomic E-state index is 13.5. The second kappa shape index (κ2) is 4.87. The van der Waals surface area contributed by atoms with E-state index in [9.17, 15) is 9.18 Å². The van der Waals surface area contributed by atoms with Gasteiger partial charge in [-0.1, -0.05) is 17.3 Å². The summed E-state index contributed by atoms with van der Waals surface area (Å²) >= 11 is 0. The van der Waals surface area contributed by atoms with Gasteiger partial charge >= 0.3 is 0 Å². The molecule has 5 nitrogen and oxygen atoms in total. The number of aromatic nitrogens is 1.